The topological polar surface area (TPSA) is 67.2 Å². The summed E-state index contributed by atoms with van der Waals surface area (Å²) in [7, 11) is 0. The van der Waals surface area contributed by atoms with Crippen LogP contribution in [0.4, 0.5) is 0 Å². The maximum Gasteiger partial charge on any atom is 0.255 e. The fourth-order valence-electron chi connectivity index (χ4n) is 2.47. The van der Waals surface area contributed by atoms with Crippen LogP contribution >= 0.6 is 11.3 Å². The van der Waals surface area contributed by atoms with E-state index in [1.165, 1.54) is 11.3 Å². The zero-order valence-corrected chi connectivity index (χ0v) is 14.3. The molecule has 0 fully saturated rings. The molecule has 0 bridgehead atoms. The number of hydrogen-bond acceptors (Lipinski definition) is 4. The van der Waals surface area contributed by atoms with Crippen molar-refractivity contribution in [2.75, 3.05) is 6.54 Å². The molecule has 2 aromatic heterocycles. The molecule has 6 heteroatoms. The van der Waals surface area contributed by atoms with Gasteiger partial charge in [0.05, 0.1) is 17.8 Å². The lowest BCUT2D eigenvalue weighted by Gasteiger charge is -2.22. The summed E-state index contributed by atoms with van der Waals surface area (Å²) in [6, 6.07) is 3.76. The van der Waals surface area contributed by atoms with Gasteiger partial charge in [-0.05, 0) is 38.6 Å². The summed E-state index contributed by atoms with van der Waals surface area (Å²) in [5.74, 6) is -0.186. The van der Waals surface area contributed by atoms with Crippen molar-refractivity contribution in [1.29, 1.82) is 0 Å². The minimum Gasteiger partial charge on any atom is -0.383 e. The highest BCUT2D eigenvalue weighted by atomic mass is 32.1. The van der Waals surface area contributed by atoms with Crippen LogP contribution in [0.5, 0.6) is 0 Å². The number of aryl methyl sites for hydroxylation is 2. The van der Waals surface area contributed by atoms with Crippen molar-refractivity contribution >= 4 is 17.2 Å². The molecule has 5 nitrogen and oxygen atoms in total. The molecule has 2 heterocycles. The third-order valence-corrected chi connectivity index (χ3v) is 4.81. The molecular weight excluding hydrogens is 298 g/mol. The van der Waals surface area contributed by atoms with Crippen molar-refractivity contribution in [3.05, 3.63) is 39.3 Å². The van der Waals surface area contributed by atoms with Crippen molar-refractivity contribution in [3.8, 4) is 0 Å². The molecule has 2 rings (SSSR count). The van der Waals surface area contributed by atoms with Gasteiger partial charge in [-0.1, -0.05) is 13.0 Å². The van der Waals surface area contributed by atoms with Crippen LogP contribution in [-0.4, -0.2) is 27.3 Å². The van der Waals surface area contributed by atoms with Gasteiger partial charge >= 0.3 is 0 Å². The minimum atomic E-state index is -1.06. The maximum absolute atomic E-state index is 12.4. The van der Waals surface area contributed by atoms with Gasteiger partial charge in [-0.3, -0.25) is 9.48 Å². The smallest absolute Gasteiger partial charge is 0.255 e. The van der Waals surface area contributed by atoms with Crippen molar-refractivity contribution in [2.24, 2.45) is 0 Å². The Hall–Kier alpha value is -1.66. The first-order valence-corrected chi connectivity index (χ1v) is 8.33. The van der Waals surface area contributed by atoms with Gasteiger partial charge in [0.25, 0.3) is 5.91 Å². The van der Waals surface area contributed by atoms with Crippen molar-refractivity contribution in [2.45, 2.75) is 46.3 Å². The summed E-state index contributed by atoms with van der Waals surface area (Å²) in [5.41, 5.74) is 1.13. The molecule has 120 valence electrons. The molecule has 1 atom stereocenters. The molecule has 0 radical (unpaired) electrons. The zero-order chi connectivity index (χ0) is 16.3. The Balaban J connectivity index is 2.10. The molecule has 1 amide bonds. The number of nitrogens with zero attached hydrogens (tertiary/aromatic N) is 2. The number of hydrogen-bond donors (Lipinski definition) is 2. The first-order valence-electron chi connectivity index (χ1n) is 7.45. The molecule has 0 saturated heterocycles. The van der Waals surface area contributed by atoms with Crippen molar-refractivity contribution in [3.63, 3.8) is 0 Å². The second kappa shape index (κ2) is 6.62. The Kier molecular flexibility index (Phi) is 5.03. The predicted octanol–water partition coefficient (Wildman–Crippen LogP) is 2.61. The van der Waals surface area contributed by atoms with Gasteiger partial charge in [-0.15, -0.1) is 11.3 Å². The summed E-state index contributed by atoms with van der Waals surface area (Å²) in [6.07, 6.45) is 0.968. The zero-order valence-electron chi connectivity index (χ0n) is 13.5. The fraction of sp³-hybridized carbons (Fsp3) is 0.500. The Morgan fingerprint density at radius 2 is 2.23 bits per heavy atom. The molecule has 2 aromatic rings. The van der Waals surface area contributed by atoms with E-state index in [0.717, 1.165) is 29.2 Å². The lowest BCUT2D eigenvalue weighted by Crippen LogP contribution is -2.38. The predicted molar refractivity (Wildman–Crippen MR) is 88.2 cm³/mol. The lowest BCUT2D eigenvalue weighted by atomic mass is 10.0. The summed E-state index contributed by atoms with van der Waals surface area (Å²) >= 11 is 1.48. The number of thiophene rings is 1. The third-order valence-electron chi connectivity index (χ3n) is 3.69. The average Bonchev–Trinajstić information content (AvgIpc) is 3.07. The Labute approximate surface area is 135 Å². The number of amides is 1. The lowest BCUT2D eigenvalue weighted by molar-refractivity contribution is 0.0556. The summed E-state index contributed by atoms with van der Waals surface area (Å²) in [5, 5.41) is 19.6. The van der Waals surface area contributed by atoms with Crippen LogP contribution < -0.4 is 5.32 Å². The van der Waals surface area contributed by atoms with Crippen LogP contribution in [-0.2, 0) is 12.1 Å². The van der Waals surface area contributed by atoms with Crippen LogP contribution in [0.15, 0.2) is 17.5 Å². The number of carbonyl (C=O) groups excluding carboxylic acids is 1. The van der Waals surface area contributed by atoms with Crippen LogP contribution in [0.1, 0.15) is 46.9 Å². The molecule has 0 aromatic carbocycles. The van der Waals surface area contributed by atoms with Crippen LogP contribution in [0.2, 0.25) is 0 Å². The minimum absolute atomic E-state index is 0.171. The SMILES string of the molecule is CCCn1nc(C)c(C(=O)NCC(C)(O)c2cccs2)c1C. The summed E-state index contributed by atoms with van der Waals surface area (Å²) < 4.78 is 1.86. The van der Waals surface area contributed by atoms with Crippen molar-refractivity contribution in [1.82, 2.24) is 15.1 Å². The van der Waals surface area contributed by atoms with Crippen molar-refractivity contribution < 1.29 is 9.90 Å². The molecule has 1 unspecified atom stereocenters. The van der Waals surface area contributed by atoms with E-state index in [2.05, 4.69) is 17.3 Å². The van der Waals surface area contributed by atoms with E-state index in [9.17, 15) is 9.90 Å². The van der Waals surface area contributed by atoms with Gasteiger partial charge < -0.3 is 10.4 Å². The number of carbonyl (C=O) groups is 1. The fourth-order valence-corrected chi connectivity index (χ4v) is 3.25. The molecule has 22 heavy (non-hydrogen) atoms. The number of aliphatic hydroxyl groups is 1. The highest BCUT2D eigenvalue weighted by Crippen LogP contribution is 2.24. The number of nitrogens with one attached hydrogen (secondary N) is 1. The highest BCUT2D eigenvalue weighted by Gasteiger charge is 2.26. The second-order valence-corrected chi connectivity index (χ2v) is 6.65. The molecule has 0 spiro atoms. The van der Waals surface area contributed by atoms with Crippen LogP contribution in [0.3, 0.4) is 0 Å². The first-order chi connectivity index (χ1) is 10.4. The number of aromatic nitrogens is 2. The van der Waals surface area contributed by atoms with Crippen LogP contribution in [0.25, 0.3) is 0 Å². The van der Waals surface area contributed by atoms with Crippen LogP contribution in [0, 0.1) is 13.8 Å². The van der Waals surface area contributed by atoms with E-state index in [1.54, 1.807) is 6.92 Å². The molecule has 0 aliphatic rings. The standard InChI is InChI=1S/C16H23N3O2S/c1-5-8-19-12(3)14(11(2)18-19)15(20)17-10-16(4,21)13-7-6-9-22-13/h6-7,9,21H,5,8,10H2,1-4H3,(H,17,20). The van der Waals surface area contributed by atoms with E-state index in [4.69, 9.17) is 0 Å². The van der Waals surface area contributed by atoms with Gasteiger partial charge in [0.15, 0.2) is 0 Å². The van der Waals surface area contributed by atoms with E-state index in [1.807, 2.05) is 36.0 Å². The molecule has 0 saturated carbocycles. The monoisotopic (exact) mass is 321 g/mol. The van der Waals surface area contributed by atoms with E-state index >= 15 is 0 Å². The quantitative estimate of drug-likeness (QED) is 0.859. The van der Waals surface area contributed by atoms with Gasteiger partial charge in [-0.2, -0.15) is 5.10 Å². The largest absolute Gasteiger partial charge is 0.383 e. The molecule has 0 aliphatic carbocycles. The molecular formula is C16H23N3O2S. The number of rotatable bonds is 6. The Bertz CT molecular complexity index is 645. The van der Waals surface area contributed by atoms with E-state index in [-0.39, 0.29) is 12.5 Å². The van der Waals surface area contributed by atoms with Gasteiger partial charge in [0.2, 0.25) is 0 Å². The highest BCUT2D eigenvalue weighted by molar-refractivity contribution is 7.10. The second-order valence-electron chi connectivity index (χ2n) is 5.70. The van der Waals surface area contributed by atoms with Gasteiger partial charge in [-0.25, -0.2) is 0 Å². The average molecular weight is 321 g/mol. The summed E-state index contributed by atoms with van der Waals surface area (Å²) in [4.78, 5) is 13.3. The van der Waals surface area contributed by atoms with Gasteiger partial charge in [0, 0.05) is 17.1 Å². The van der Waals surface area contributed by atoms with E-state index < -0.39 is 5.60 Å². The molecule has 2 N–H and O–H groups in total. The first kappa shape index (κ1) is 16.7. The molecule has 0 aliphatic heterocycles. The summed E-state index contributed by atoms with van der Waals surface area (Å²) in [6.45, 7) is 8.50. The Morgan fingerprint density at radius 1 is 1.50 bits per heavy atom. The van der Waals surface area contributed by atoms with Gasteiger partial charge in [0.1, 0.15) is 5.60 Å². The normalized spacial score (nSPS) is 13.9. The van der Waals surface area contributed by atoms with E-state index in [0.29, 0.717) is 5.56 Å². The Morgan fingerprint density at radius 3 is 2.82 bits per heavy atom. The maximum atomic E-state index is 12.4. The third kappa shape index (κ3) is 3.39.